The average molecular weight is 400 g/mol. The smallest absolute Gasteiger partial charge is 0.237 e. The second kappa shape index (κ2) is 8.08. The zero-order valence-electron chi connectivity index (χ0n) is 16.4. The standard InChI is InChI=1S/C22H26ClN3O2/c1-14(9-15(2)27)17-5-7-18(8-6-17)19-10-26(11-19)21-20(23)22(25-13-24-21)28-12-16-3-4-16/h5-8,13-14,16,19H,3-4,9-12H2,1-2H3/t14-/m1/s1. The predicted octanol–water partition coefficient (Wildman–Crippen LogP) is 4.61. The molecule has 148 valence electrons. The maximum Gasteiger partial charge on any atom is 0.237 e. The van der Waals surface area contributed by atoms with Crippen molar-refractivity contribution in [2.24, 2.45) is 5.92 Å². The summed E-state index contributed by atoms with van der Waals surface area (Å²) in [5, 5.41) is 0.509. The van der Waals surface area contributed by atoms with Crippen LogP contribution in [0.3, 0.4) is 0 Å². The lowest BCUT2D eigenvalue weighted by Crippen LogP contribution is -2.45. The molecular weight excluding hydrogens is 374 g/mol. The van der Waals surface area contributed by atoms with Crippen LogP contribution in [-0.4, -0.2) is 35.4 Å². The first-order valence-corrected chi connectivity index (χ1v) is 10.4. The van der Waals surface area contributed by atoms with Gasteiger partial charge in [-0.25, -0.2) is 9.97 Å². The third-order valence-corrected chi connectivity index (χ3v) is 5.97. The van der Waals surface area contributed by atoms with Crippen molar-refractivity contribution in [1.82, 2.24) is 9.97 Å². The summed E-state index contributed by atoms with van der Waals surface area (Å²) in [4.78, 5) is 22.0. The Morgan fingerprint density at radius 2 is 1.96 bits per heavy atom. The van der Waals surface area contributed by atoms with Gasteiger partial charge in [-0.3, -0.25) is 0 Å². The van der Waals surface area contributed by atoms with Crippen molar-refractivity contribution in [3.8, 4) is 5.88 Å². The Morgan fingerprint density at radius 1 is 1.25 bits per heavy atom. The van der Waals surface area contributed by atoms with Crippen LogP contribution < -0.4 is 9.64 Å². The average Bonchev–Trinajstić information content (AvgIpc) is 3.45. The van der Waals surface area contributed by atoms with Crippen molar-refractivity contribution < 1.29 is 9.53 Å². The van der Waals surface area contributed by atoms with E-state index in [0.29, 0.717) is 35.8 Å². The van der Waals surface area contributed by atoms with Crippen LogP contribution in [0.25, 0.3) is 0 Å². The third-order valence-electron chi connectivity index (χ3n) is 5.64. The predicted molar refractivity (Wildman–Crippen MR) is 110 cm³/mol. The largest absolute Gasteiger partial charge is 0.476 e. The molecule has 2 aromatic rings. The fourth-order valence-corrected chi connectivity index (χ4v) is 3.93. The molecule has 0 bridgehead atoms. The monoisotopic (exact) mass is 399 g/mol. The van der Waals surface area contributed by atoms with Crippen LogP contribution in [0.2, 0.25) is 5.02 Å². The van der Waals surface area contributed by atoms with E-state index >= 15 is 0 Å². The normalized spacial score (nSPS) is 17.9. The molecule has 1 saturated carbocycles. The number of benzene rings is 1. The number of nitrogens with zero attached hydrogens (tertiary/aromatic N) is 3. The van der Waals surface area contributed by atoms with Gasteiger partial charge in [-0.15, -0.1) is 0 Å². The summed E-state index contributed by atoms with van der Waals surface area (Å²) >= 11 is 6.49. The van der Waals surface area contributed by atoms with E-state index < -0.39 is 0 Å². The first-order valence-electron chi connectivity index (χ1n) is 9.98. The second-order valence-corrected chi connectivity index (χ2v) is 8.52. The van der Waals surface area contributed by atoms with Gasteiger partial charge in [-0.05, 0) is 42.7 Å². The molecule has 1 saturated heterocycles. The molecule has 1 atom stereocenters. The molecule has 1 aliphatic heterocycles. The molecule has 4 rings (SSSR count). The Hall–Kier alpha value is -2.14. The number of ether oxygens (including phenoxy) is 1. The second-order valence-electron chi connectivity index (χ2n) is 8.15. The van der Waals surface area contributed by atoms with E-state index in [-0.39, 0.29) is 11.7 Å². The minimum Gasteiger partial charge on any atom is -0.476 e. The number of Topliss-reactive ketones (excluding diaryl/α,β-unsaturated/α-hetero) is 1. The van der Waals surface area contributed by atoms with Crippen LogP contribution >= 0.6 is 11.6 Å². The van der Waals surface area contributed by atoms with E-state index in [1.807, 2.05) is 0 Å². The molecule has 1 aliphatic carbocycles. The van der Waals surface area contributed by atoms with E-state index in [1.54, 1.807) is 6.92 Å². The van der Waals surface area contributed by atoms with E-state index in [1.165, 1.54) is 30.3 Å². The summed E-state index contributed by atoms with van der Waals surface area (Å²) in [6, 6.07) is 8.65. The highest BCUT2D eigenvalue weighted by Gasteiger charge is 2.32. The molecule has 2 aliphatic rings. The summed E-state index contributed by atoms with van der Waals surface area (Å²) in [6.45, 7) is 6.19. The number of aromatic nitrogens is 2. The van der Waals surface area contributed by atoms with Crippen molar-refractivity contribution in [2.75, 3.05) is 24.6 Å². The number of hydrogen-bond donors (Lipinski definition) is 0. The number of carbonyl (C=O) groups excluding carboxylic acids is 1. The van der Waals surface area contributed by atoms with Crippen molar-refractivity contribution in [3.05, 3.63) is 46.7 Å². The van der Waals surface area contributed by atoms with Gasteiger partial charge in [0.25, 0.3) is 0 Å². The molecule has 5 nitrogen and oxygen atoms in total. The van der Waals surface area contributed by atoms with Gasteiger partial charge in [0, 0.05) is 25.4 Å². The van der Waals surface area contributed by atoms with Crippen molar-refractivity contribution in [2.45, 2.75) is 44.9 Å². The topological polar surface area (TPSA) is 55.3 Å². The van der Waals surface area contributed by atoms with E-state index in [2.05, 4.69) is 46.1 Å². The van der Waals surface area contributed by atoms with Crippen LogP contribution in [0.5, 0.6) is 5.88 Å². The first kappa shape index (κ1) is 19.2. The van der Waals surface area contributed by atoms with Crippen LogP contribution in [0.15, 0.2) is 30.6 Å². The molecule has 0 amide bonds. The van der Waals surface area contributed by atoms with Gasteiger partial charge in [0.05, 0.1) is 6.61 Å². The van der Waals surface area contributed by atoms with Gasteiger partial charge < -0.3 is 14.4 Å². The third kappa shape index (κ3) is 4.30. The summed E-state index contributed by atoms with van der Waals surface area (Å²) in [5.41, 5.74) is 2.52. The number of ketones is 1. The summed E-state index contributed by atoms with van der Waals surface area (Å²) < 4.78 is 5.76. The van der Waals surface area contributed by atoms with Gasteiger partial charge >= 0.3 is 0 Å². The van der Waals surface area contributed by atoms with Gasteiger partial charge in [-0.2, -0.15) is 0 Å². The Morgan fingerprint density at radius 3 is 2.61 bits per heavy atom. The fraction of sp³-hybridized carbons (Fsp3) is 0.500. The fourth-order valence-electron chi connectivity index (χ4n) is 3.66. The molecule has 0 N–H and O–H groups in total. The van der Waals surface area contributed by atoms with Crippen LogP contribution in [0.1, 0.15) is 56.1 Å². The highest BCUT2D eigenvalue weighted by Crippen LogP contribution is 2.38. The number of rotatable bonds is 8. The molecule has 2 fully saturated rings. The van der Waals surface area contributed by atoms with Gasteiger partial charge in [0.1, 0.15) is 17.1 Å². The van der Waals surface area contributed by atoms with Crippen LogP contribution in [0, 0.1) is 5.92 Å². The lowest BCUT2D eigenvalue weighted by molar-refractivity contribution is -0.117. The zero-order chi connectivity index (χ0) is 19.7. The van der Waals surface area contributed by atoms with Crippen LogP contribution in [-0.2, 0) is 4.79 Å². The molecule has 0 radical (unpaired) electrons. The van der Waals surface area contributed by atoms with Gasteiger partial charge in [0.2, 0.25) is 5.88 Å². The summed E-state index contributed by atoms with van der Waals surface area (Å²) in [5.74, 6) is 2.85. The maximum atomic E-state index is 11.3. The molecule has 0 spiro atoms. The lowest BCUT2D eigenvalue weighted by atomic mass is 9.88. The summed E-state index contributed by atoms with van der Waals surface area (Å²) in [7, 11) is 0. The lowest BCUT2D eigenvalue weighted by Gasteiger charge is -2.40. The molecule has 1 aromatic heterocycles. The number of halogens is 1. The van der Waals surface area contributed by atoms with E-state index in [0.717, 1.165) is 18.9 Å². The zero-order valence-corrected chi connectivity index (χ0v) is 17.2. The van der Waals surface area contributed by atoms with E-state index in [9.17, 15) is 4.79 Å². The Labute approximate surface area is 171 Å². The minimum absolute atomic E-state index is 0.230. The molecule has 1 aromatic carbocycles. The Kier molecular flexibility index (Phi) is 5.54. The Bertz CT molecular complexity index is 845. The van der Waals surface area contributed by atoms with Gasteiger partial charge in [0.15, 0.2) is 5.82 Å². The SMILES string of the molecule is CC(=O)C[C@@H](C)c1ccc(C2CN(c3ncnc(OCC4CC4)c3Cl)C2)cc1. The quantitative estimate of drug-likeness (QED) is 0.649. The van der Waals surface area contributed by atoms with Gasteiger partial charge in [-0.1, -0.05) is 42.8 Å². The number of carbonyl (C=O) groups is 1. The maximum absolute atomic E-state index is 11.3. The molecule has 2 heterocycles. The highest BCUT2D eigenvalue weighted by molar-refractivity contribution is 6.34. The first-order chi connectivity index (χ1) is 13.5. The van der Waals surface area contributed by atoms with Crippen LogP contribution in [0.4, 0.5) is 5.82 Å². The Balaban J connectivity index is 1.36. The molecule has 28 heavy (non-hydrogen) atoms. The minimum atomic E-state index is 0.230. The van der Waals surface area contributed by atoms with E-state index in [4.69, 9.17) is 16.3 Å². The summed E-state index contributed by atoms with van der Waals surface area (Å²) in [6.07, 6.45) is 4.58. The highest BCUT2D eigenvalue weighted by atomic mass is 35.5. The van der Waals surface area contributed by atoms with Crippen molar-refractivity contribution in [3.63, 3.8) is 0 Å². The van der Waals surface area contributed by atoms with Crippen molar-refractivity contribution >= 4 is 23.2 Å². The molecule has 0 unspecified atom stereocenters. The van der Waals surface area contributed by atoms with Crippen molar-refractivity contribution in [1.29, 1.82) is 0 Å². The number of anilines is 1. The molecular formula is C22H26ClN3O2. The molecule has 6 heteroatoms. The number of hydrogen-bond acceptors (Lipinski definition) is 5.